The standard InChI is InChI=1S/C16H12Cl2N2O2/c1-10(22-15-5-3-2-4-11(15)9-19)16(21)20-14-8-12(17)6-7-13(14)18/h2-8,10H,1H3,(H,20,21)/t10-/m1/s1. The van der Waals surface area contributed by atoms with Crippen LogP contribution in [0.4, 0.5) is 5.69 Å². The van der Waals surface area contributed by atoms with Crippen molar-refractivity contribution in [3.05, 3.63) is 58.1 Å². The molecule has 0 aromatic heterocycles. The summed E-state index contributed by atoms with van der Waals surface area (Å²) >= 11 is 11.9. The first kappa shape index (κ1) is 16.2. The van der Waals surface area contributed by atoms with Crippen molar-refractivity contribution in [2.45, 2.75) is 13.0 Å². The molecule has 4 nitrogen and oxygen atoms in total. The van der Waals surface area contributed by atoms with E-state index >= 15 is 0 Å². The number of amides is 1. The van der Waals surface area contributed by atoms with Crippen LogP contribution in [0.3, 0.4) is 0 Å². The highest BCUT2D eigenvalue weighted by Crippen LogP contribution is 2.26. The van der Waals surface area contributed by atoms with Crippen LogP contribution in [0, 0.1) is 11.3 Å². The number of para-hydroxylation sites is 1. The molecule has 22 heavy (non-hydrogen) atoms. The van der Waals surface area contributed by atoms with E-state index in [0.29, 0.717) is 27.0 Å². The lowest BCUT2D eigenvalue weighted by atomic mass is 10.2. The molecule has 0 saturated carbocycles. The van der Waals surface area contributed by atoms with E-state index in [1.54, 1.807) is 49.4 Å². The van der Waals surface area contributed by atoms with Gasteiger partial charge in [-0.25, -0.2) is 0 Å². The average molecular weight is 335 g/mol. The molecule has 112 valence electrons. The van der Waals surface area contributed by atoms with Crippen molar-refractivity contribution in [3.8, 4) is 11.8 Å². The first-order chi connectivity index (χ1) is 10.5. The van der Waals surface area contributed by atoms with Crippen LogP contribution in [0.15, 0.2) is 42.5 Å². The van der Waals surface area contributed by atoms with E-state index in [9.17, 15) is 4.79 Å². The van der Waals surface area contributed by atoms with Crippen LogP contribution >= 0.6 is 23.2 Å². The number of hydrogen-bond acceptors (Lipinski definition) is 3. The fourth-order valence-corrected chi connectivity index (χ4v) is 2.07. The van der Waals surface area contributed by atoms with E-state index < -0.39 is 12.0 Å². The Morgan fingerprint density at radius 2 is 2.00 bits per heavy atom. The highest BCUT2D eigenvalue weighted by Gasteiger charge is 2.17. The third-order valence-corrected chi connectivity index (χ3v) is 3.43. The molecule has 1 amide bonds. The lowest BCUT2D eigenvalue weighted by Gasteiger charge is -2.16. The SMILES string of the molecule is C[C@@H](Oc1ccccc1C#N)C(=O)Nc1cc(Cl)ccc1Cl. The van der Waals surface area contributed by atoms with Gasteiger partial charge in [0.2, 0.25) is 0 Å². The molecule has 2 aromatic carbocycles. The maximum absolute atomic E-state index is 12.2. The maximum Gasteiger partial charge on any atom is 0.265 e. The zero-order chi connectivity index (χ0) is 16.1. The predicted octanol–water partition coefficient (Wildman–Crippen LogP) is 4.27. The maximum atomic E-state index is 12.2. The number of halogens is 2. The van der Waals surface area contributed by atoms with Crippen LogP contribution in [-0.4, -0.2) is 12.0 Å². The molecule has 6 heteroatoms. The number of carbonyl (C=O) groups is 1. The van der Waals surface area contributed by atoms with Crippen LogP contribution in [0.1, 0.15) is 12.5 Å². The molecule has 0 radical (unpaired) electrons. The van der Waals surface area contributed by atoms with Crippen LogP contribution < -0.4 is 10.1 Å². The number of nitriles is 1. The Morgan fingerprint density at radius 1 is 1.27 bits per heavy atom. The summed E-state index contributed by atoms with van der Waals surface area (Å²) < 4.78 is 5.53. The topological polar surface area (TPSA) is 62.1 Å². The number of nitrogens with zero attached hydrogens (tertiary/aromatic N) is 1. The van der Waals surface area contributed by atoms with E-state index in [2.05, 4.69) is 5.32 Å². The van der Waals surface area contributed by atoms with Gasteiger partial charge in [0.25, 0.3) is 5.91 Å². The molecule has 2 rings (SSSR count). The third kappa shape index (κ3) is 3.91. The van der Waals surface area contributed by atoms with Gasteiger partial charge in [0.1, 0.15) is 11.8 Å². The van der Waals surface area contributed by atoms with Gasteiger partial charge >= 0.3 is 0 Å². The number of anilines is 1. The molecule has 0 aliphatic rings. The molecule has 0 bridgehead atoms. The van der Waals surface area contributed by atoms with E-state index in [1.807, 2.05) is 6.07 Å². The molecule has 1 atom stereocenters. The summed E-state index contributed by atoms with van der Waals surface area (Å²) in [5.74, 6) is -0.0400. The van der Waals surface area contributed by atoms with E-state index in [0.717, 1.165) is 0 Å². The largest absolute Gasteiger partial charge is 0.480 e. The Kier molecular flexibility index (Phi) is 5.26. The normalized spacial score (nSPS) is 11.4. The first-order valence-corrected chi connectivity index (χ1v) is 7.18. The monoisotopic (exact) mass is 334 g/mol. The molecule has 0 aliphatic heterocycles. The van der Waals surface area contributed by atoms with Crippen molar-refractivity contribution in [3.63, 3.8) is 0 Å². The van der Waals surface area contributed by atoms with E-state index in [-0.39, 0.29) is 0 Å². The smallest absolute Gasteiger partial charge is 0.265 e. The van der Waals surface area contributed by atoms with Crippen molar-refractivity contribution < 1.29 is 9.53 Å². The fourth-order valence-electron chi connectivity index (χ4n) is 1.73. The summed E-state index contributed by atoms with van der Waals surface area (Å²) in [5.41, 5.74) is 0.770. The van der Waals surface area contributed by atoms with E-state index in [1.165, 1.54) is 0 Å². The molecule has 0 aliphatic carbocycles. The van der Waals surface area contributed by atoms with Gasteiger partial charge in [0.05, 0.1) is 16.3 Å². The van der Waals surface area contributed by atoms with Gasteiger partial charge in [-0.15, -0.1) is 0 Å². The van der Waals surface area contributed by atoms with Crippen molar-refractivity contribution >= 4 is 34.8 Å². The zero-order valence-electron chi connectivity index (χ0n) is 11.6. The Bertz CT molecular complexity index is 741. The minimum absolute atomic E-state index is 0.352. The Hall–Kier alpha value is -2.22. The average Bonchev–Trinajstić information content (AvgIpc) is 2.51. The van der Waals surface area contributed by atoms with Gasteiger partial charge in [-0.2, -0.15) is 5.26 Å². The van der Waals surface area contributed by atoms with Crippen molar-refractivity contribution in [2.75, 3.05) is 5.32 Å². The Labute approximate surface area is 138 Å². The lowest BCUT2D eigenvalue weighted by Crippen LogP contribution is -2.30. The van der Waals surface area contributed by atoms with Gasteiger partial charge in [0, 0.05) is 5.02 Å². The van der Waals surface area contributed by atoms with Gasteiger partial charge in [-0.3, -0.25) is 4.79 Å². The molecule has 0 fully saturated rings. The van der Waals surface area contributed by atoms with Gasteiger partial charge in [-0.05, 0) is 37.3 Å². The van der Waals surface area contributed by atoms with Gasteiger partial charge < -0.3 is 10.1 Å². The molecular formula is C16H12Cl2N2O2. The van der Waals surface area contributed by atoms with Crippen LogP contribution in [0.2, 0.25) is 10.0 Å². The second-order valence-electron chi connectivity index (χ2n) is 4.48. The van der Waals surface area contributed by atoms with E-state index in [4.69, 9.17) is 33.2 Å². The summed E-state index contributed by atoms with van der Waals surface area (Å²) in [6.07, 6.45) is -0.801. The van der Waals surface area contributed by atoms with Crippen molar-refractivity contribution in [1.82, 2.24) is 0 Å². The predicted molar refractivity (Wildman–Crippen MR) is 86.3 cm³/mol. The van der Waals surface area contributed by atoms with Crippen LogP contribution in [0.5, 0.6) is 5.75 Å². The van der Waals surface area contributed by atoms with Gasteiger partial charge in [0.15, 0.2) is 6.10 Å². The number of ether oxygens (including phenoxy) is 1. The second kappa shape index (κ2) is 7.17. The molecule has 2 aromatic rings. The van der Waals surface area contributed by atoms with Gasteiger partial charge in [-0.1, -0.05) is 35.3 Å². The second-order valence-corrected chi connectivity index (χ2v) is 5.33. The third-order valence-electron chi connectivity index (χ3n) is 2.87. The van der Waals surface area contributed by atoms with Crippen LogP contribution in [-0.2, 0) is 4.79 Å². The summed E-state index contributed by atoms with van der Waals surface area (Å²) in [6.45, 7) is 1.59. The summed E-state index contributed by atoms with van der Waals surface area (Å²) in [5, 5.41) is 12.5. The molecular weight excluding hydrogens is 323 g/mol. The zero-order valence-corrected chi connectivity index (χ0v) is 13.2. The number of benzene rings is 2. The van der Waals surface area contributed by atoms with Crippen LogP contribution in [0.25, 0.3) is 0 Å². The lowest BCUT2D eigenvalue weighted by molar-refractivity contribution is -0.122. The quantitative estimate of drug-likeness (QED) is 0.907. The fraction of sp³-hybridized carbons (Fsp3) is 0.125. The number of hydrogen-bond donors (Lipinski definition) is 1. The highest BCUT2D eigenvalue weighted by molar-refractivity contribution is 6.35. The molecule has 0 unspecified atom stereocenters. The summed E-state index contributed by atoms with van der Waals surface area (Å²) in [7, 11) is 0. The molecule has 0 spiro atoms. The summed E-state index contributed by atoms with van der Waals surface area (Å²) in [4.78, 5) is 12.2. The molecule has 0 heterocycles. The Morgan fingerprint density at radius 3 is 2.73 bits per heavy atom. The first-order valence-electron chi connectivity index (χ1n) is 6.43. The number of rotatable bonds is 4. The minimum atomic E-state index is -0.801. The molecule has 0 saturated heterocycles. The van der Waals surface area contributed by atoms with Crippen molar-refractivity contribution in [1.29, 1.82) is 5.26 Å². The molecule has 1 N–H and O–H groups in total. The minimum Gasteiger partial charge on any atom is -0.480 e. The highest BCUT2D eigenvalue weighted by atomic mass is 35.5. The Balaban J connectivity index is 2.10. The van der Waals surface area contributed by atoms with Crippen molar-refractivity contribution in [2.24, 2.45) is 0 Å². The number of carbonyl (C=O) groups excluding carboxylic acids is 1. The summed E-state index contributed by atoms with van der Waals surface area (Å²) in [6, 6.07) is 13.5. The number of nitrogens with one attached hydrogen (secondary N) is 1.